The van der Waals surface area contributed by atoms with E-state index in [9.17, 15) is 0 Å². The van der Waals surface area contributed by atoms with E-state index in [1.807, 2.05) is 12.1 Å². The SMILES string of the molecule is COc1ccc(CNCCC(c2ccc(C)cc2)c2ccc(OC(C)C)cc2)cc1. The zero-order valence-electron chi connectivity index (χ0n) is 18.5. The summed E-state index contributed by atoms with van der Waals surface area (Å²) in [6.07, 6.45) is 1.22. The average Bonchev–Trinajstić information content (AvgIpc) is 2.75. The van der Waals surface area contributed by atoms with Gasteiger partial charge in [0, 0.05) is 12.5 Å². The van der Waals surface area contributed by atoms with Gasteiger partial charge in [0.1, 0.15) is 11.5 Å². The second-order valence-electron chi connectivity index (χ2n) is 8.01. The lowest BCUT2D eigenvalue weighted by atomic mass is 9.88. The molecule has 0 aliphatic rings. The van der Waals surface area contributed by atoms with Gasteiger partial charge >= 0.3 is 0 Å². The second kappa shape index (κ2) is 10.8. The van der Waals surface area contributed by atoms with Crippen LogP contribution in [-0.4, -0.2) is 19.8 Å². The molecule has 158 valence electrons. The molecular formula is C27H33NO2. The number of aryl methyl sites for hydroxylation is 1. The number of rotatable bonds is 10. The van der Waals surface area contributed by atoms with Gasteiger partial charge in [-0.05, 0) is 74.7 Å². The van der Waals surface area contributed by atoms with E-state index in [-0.39, 0.29) is 6.10 Å². The number of ether oxygens (including phenoxy) is 2. The van der Waals surface area contributed by atoms with Gasteiger partial charge in [-0.2, -0.15) is 0 Å². The molecule has 0 spiro atoms. The normalized spacial score (nSPS) is 12.0. The molecule has 0 radical (unpaired) electrons. The second-order valence-corrected chi connectivity index (χ2v) is 8.01. The molecule has 1 unspecified atom stereocenters. The van der Waals surface area contributed by atoms with Crippen molar-refractivity contribution >= 4 is 0 Å². The maximum absolute atomic E-state index is 5.81. The maximum Gasteiger partial charge on any atom is 0.119 e. The summed E-state index contributed by atoms with van der Waals surface area (Å²) in [5, 5.41) is 3.59. The third-order valence-corrected chi connectivity index (χ3v) is 5.23. The third-order valence-electron chi connectivity index (χ3n) is 5.23. The zero-order valence-corrected chi connectivity index (χ0v) is 18.5. The van der Waals surface area contributed by atoms with Crippen molar-refractivity contribution in [3.8, 4) is 11.5 Å². The van der Waals surface area contributed by atoms with Crippen LogP contribution >= 0.6 is 0 Å². The van der Waals surface area contributed by atoms with Crippen LogP contribution in [0.4, 0.5) is 0 Å². The smallest absolute Gasteiger partial charge is 0.119 e. The maximum atomic E-state index is 5.81. The van der Waals surface area contributed by atoms with Crippen LogP contribution in [0.5, 0.6) is 11.5 Å². The molecule has 30 heavy (non-hydrogen) atoms. The topological polar surface area (TPSA) is 30.5 Å². The van der Waals surface area contributed by atoms with Gasteiger partial charge in [0.25, 0.3) is 0 Å². The van der Waals surface area contributed by atoms with E-state index in [1.165, 1.54) is 22.3 Å². The molecule has 0 heterocycles. The van der Waals surface area contributed by atoms with Crippen LogP contribution in [0.3, 0.4) is 0 Å². The van der Waals surface area contributed by atoms with E-state index in [1.54, 1.807) is 7.11 Å². The fourth-order valence-electron chi connectivity index (χ4n) is 3.60. The highest BCUT2D eigenvalue weighted by molar-refractivity contribution is 5.37. The third kappa shape index (κ3) is 6.36. The lowest BCUT2D eigenvalue weighted by molar-refractivity contribution is 0.242. The Kier molecular flexibility index (Phi) is 7.92. The van der Waals surface area contributed by atoms with Crippen LogP contribution in [0.1, 0.15) is 48.4 Å². The molecule has 3 aromatic rings. The van der Waals surface area contributed by atoms with Gasteiger partial charge in [-0.1, -0.05) is 54.1 Å². The molecule has 1 atom stereocenters. The summed E-state index contributed by atoms with van der Waals surface area (Å²) in [7, 11) is 1.69. The quantitative estimate of drug-likeness (QED) is 0.415. The number of nitrogens with one attached hydrogen (secondary N) is 1. The van der Waals surface area contributed by atoms with E-state index in [0.717, 1.165) is 31.0 Å². The molecule has 0 aliphatic carbocycles. The largest absolute Gasteiger partial charge is 0.497 e. The van der Waals surface area contributed by atoms with Gasteiger partial charge < -0.3 is 14.8 Å². The van der Waals surface area contributed by atoms with Gasteiger partial charge in [0.15, 0.2) is 0 Å². The van der Waals surface area contributed by atoms with E-state index in [0.29, 0.717) is 5.92 Å². The minimum atomic E-state index is 0.186. The lowest BCUT2D eigenvalue weighted by Crippen LogP contribution is -2.18. The highest BCUT2D eigenvalue weighted by atomic mass is 16.5. The van der Waals surface area contributed by atoms with E-state index < -0.39 is 0 Å². The van der Waals surface area contributed by atoms with Crippen molar-refractivity contribution in [1.29, 1.82) is 0 Å². The van der Waals surface area contributed by atoms with Crippen molar-refractivity contribution in [2.24, 2.45) is 0 Å². The van der Waals surface area contributed by atoms with Crippen molar-refractivity contribution in [2.45, 2.75) is 45.8 Å². The van der Waals surface area contributed by atoms with E-state index in [4.69, 9.17) is 9.47 Å². The summed E-state index contributed by atoms with van der Waals surface area (Å²) in [4.78, 5) is 0. The fourth-order valence-corrected chi connectivity index (χ4v) is 3.60. The summed E-state index contributed by atoms with van der Waals surface area (Å²) < 4.78 is 11.0. The molecule has 0 fully saturated rings. The predicted octanol–water partition coefficient (Wildman–Crippen LogP) is 6.10. The Bertz CT molecular complexity index is 884. The molecule has 3 rings (SSSR count). The first-order valence-electron chi connectivity index (χ1n) is 10.7. The lowest BCUT2D eigenvalue weighted by Gasteiger charge is -2.20. The summed E-state index contributed by atoms with van der Waals surface area (Å²) in [6, 6.07) is 25.7. The standard InChI is InChI=1S/C27H33NO2/c1-20(2)30-26-15-11-24(12-16-26)27(23-9-5-21(3)6-10-23)17-18-28-19-22-7-13-25(29-4)14-8-22/h5-16,20,27-28H,17-19H2,1-4H3. The molecule has 0 saturated heterocycles. The van der Waals surface area contributed by atoms with Crippen molar-refractivity contribution in [2.75, 3.05) is 13.7 Å². The molecular weight excluding hydrogens is 370 g/mol. The Labute approximate surface area is 181 Å². The molecule has 0 saturated carbocycles. The highest BCUT2D eigenvalue weighted by Gasteiger charge is 2.14. The molecule has 3 nitrogen and oxygen atoms in total. The molecule has 0 aromatic heterocycles. The minimum absolute atomic E-state index is 0.186. The highest BCUT2D eigenvalue weighted by Crippen LogP contribution is 2.29. The molecule has 3 heteroatoms. The van der Waals surface area contributed by atoms with E-state index >= 15 is 0 Å². The molecule has 0 amide bonds. The van der Waals surface area contributed by atoms with Gasteiger partial charge in [-0.3, -0.25) is 0 Å². The van der Waals surface area contributed by atoms with Crippen molar-refractivity contribution in [3.05, 3.63) is 95.1 Å². The monoisotopic (exact) mass is 403 g/mol. The number of methoxy groups -OCH3 is 1. The first-order chi connectivity index (χ1) is 14.5. The average molecular weight is 404 g/mol. The number of hydrogen-bond donors (Lipinski definition) is 1. The first kappa shape index (κ1) is 21.9. The van der Waals surface area contributed by atoms with Crippen molar-refractivity contribution in [1.82, 2.24) is 5.32 Å². The Balaban J connectivity index is 1.66. The summed E-state index contributed by atoms with van der Waals surface area (Å²) in [6.45, 7) is 8.03. The van der Waals surface area contributed by atoms with Crippen LogP contribution < -0.4 is 14.8 Å². The molecule has 3 aromatic carbocycles. The fraction of sp³-hybridized carbons (Fsp3) is 0.333. The van der Waals surface area contributed by atoms with Crippen LogP contribution in [-0.2, 0) is 6.54 Å². The van der Waals surface area contributed by atoms with Crippen molar-refractivity contribution < 1.29 is 9.47 Å². The number of benzene rings is 3. The Morgan fingerprint density at radius 2 is 1.33 bits per heavy atom. The van der Waals surface area contributed by atoms with E-state index in [2.05, 4.69) is 86.8 Å². The Morgan fingerprint density at radius 3 is 1.90 bits per heavy atom. The summed E-state index contributed by atoms with van der Waals surface area (Å²) in [5.41, 5.74) is 5.22. The van der Waals surface area contributed by atoms with Gasteiger partial charge in [-0.25, -0.2) is 0 Å². The predicted molar refractivity (Wildman–Crippen MR) is 125 cm³/mol. The van der Waals surface area contributed by atoms with Gasteiger partial charge in [0.2, 0.25) is 0 Å². The molecule has 0 bridgehead atoms. The zero-order chi connectivity index (χ0) is 21.3. The van der Waals surface area contributed by atoms with Crippen LogP contribution in [0, 0.1) is 6.92 Å². The van der Waals surface area contributed by atoms with Gasteiger partial charge in [-0.15, -0.1) is 0 Å². The summed E-state index contributed by atoms with van der Waals surface area (Å²) in [5.74, 6) is 2.17. The number of hydrogen-bond acceptors (Lipinski definition) is 3. The van der Waals surface area contributed by atoms with Gasteiger partial charge in [0.05, 0.1) is 13.2 Å². The summed E-state index contributed by atoms with van der Waals surface area (Å²) >= 11 is 0. The van der Waals surface area contributed by atoms with Crippen LogP contribution in [0.25, 0.3) is 0 Å². The minimum Gasteiger partial charge on any atom is -0.497 e. The van der Waals surface area contributed by atoms with Crippen LogP contribution in [0.2, 0.25) is 0 Å². The van der Waals surface area contributed by atoms with Crippen LogP contribution in [0.15, 0.2) is 72.8 Å². The van der Waals surface area contributed by atoms with Crippen molar-refractivity contribution in [3.63, 3.8) is 0 Å². The first-order valence-corrected chi connectivity index (χ1v) is 10.7. The molecule has 1 N–H and O–H groups in total. The molecule has 0 aliphatic heterocycles. The Hall–Kier alpha value is -2.78. The Morgan fingerprint density at radius 1 is 0.767 bits per heavy atom.